The van der Waals surface area contributed by atoms with Crippen molar-refractivity contribution in [2.45, 2.75) is 26.2 Å². The highest BCUT2D eigenvalue weighted by Gasteiger charge is 2.04. The molecule has 0 radical (unpaired) electrons. The Morgan fingerprint density at radius 1 is 1.69 bits per heavy atom. The molecule has 0 fully saturated rings. The second-order valence-electron chi connectivity index (χ2n) is 3.10. The van der Waals surface area contributed by atoms with Crippen LogP contribution in [0.3, 0.4) is 0 Å². The van der Waals surface area contributed by atoms with Crippen molar-refractivity contribution < 1.29 is 9.90 Å². The first-order valence-electron chi connectivity index (χ1n) is 5.11. The molecule has 0 bridgehead atoms. The number of amides is 1. The third-order valence-corrected chi connectivity index (χ3v) is 2.51. The lowest BCUT2D eigenvalue weighted by Crippen LogP contribution is -2.09. The van der Waals surface area contributed by atoms with Gasteiger partial charge in [0.2, 0.25) is 5.91 Å². The molecule has 1 aromatic rings. The average molecular weight is 238 g/mol. The van der Waals surface area contributed by atoms with Gasteiger partial charge in [-0.3, -0.25) is 4.79 Å². The lowest BCUT2D eigenvalue weighted by atomic mass is 10.3. The van der Waals surface area contributed by atoms with E-state index in [4.69, 9.17) is 5.11 Å². The van der Waals surface area contributed by atoms with Gasteiger partial charge in [0.1, 0.15) is 0 Å². The topological polar surface area (TPSA) is 62.2 Å². The van der Waals surface area contributed by atoms with Gasteiger partial charge in [0.05, 0.1) is 17.7 Å². The maximum Gasteiger partial charge on any atom is 0.226 e. The van der Waals surface area contributed by atoms with Crippen molar-refractivity contribution in [2.75, 3.05) is 11.9 Å². The van der Waals surface area contributed by atoms with Crippen molar-refractivity contribution in [2.24, 2.45) is 0 Å². The molecule has 1 rings (SSSR count). The minimum atomic E-state index is -0.0216. The van der Waals surface area contributed by atoms with E-state index in [2.05, 4.69) is 22.1 Å². The smallest absolute Gasteiger partial charge is 0.226 e. The SMILES string of the molecule is CCCC(=O)Nc1ncc(C#CCCO)s1. The van der Waals surface area contributed by atoms with Gasteiger partial charge in [0, 0.05) is 12.8 Å². The van der Waals surface area contributed by atoms with Crippen LogP contribution < -0.4 is 5.32 Å². The van der Waals surface area contributed by atoms with Gasteiger partial charge in [-0.05, 0) is 6.42 Å². The number of rotatable bonds is 4. The Kier molecular flexibility index (Phi) is 5.54. The van der Waals surface area contributed by atoms with Crippen LogP contribution in [-0.2, 0) is 4.79 Å². The molecule has 0 atom stereocenters. The van der Waals surface area contributed by atoms with Crippen molar-refractivity contribution >= 4 is 22.4 Å². The first-order valence-corrected chi connectivity index (χ1v) is 5.93. The minimum absolute atomic E-state index is 0.0216. The lowest BCUT2D eigenvalue weighted by Gasteiger charge is -1.97. The predicted octanol–water partition coefficient (Wildman–Crippen LogP) is 1.62. The summed E-state index contributed by atoms with van der Waals surface area (Å²) in [5.41, 5.74) is 0. The normalized spacial score (nSPS) is 9.38. The van der Waals surface area contributed by atoms with Crippen LogP contribution >= 0.6 is 11.3 Å². The number of thiazole rings is 1. The zero-order valence-corrected chi connectivity index (χ0v) is 9.93. The summed E-state index contributed by atoms with van der Waals surface area (Å²) in [6, 6.07) is 0. The first kappa shape index (κ1) is 12.7. The van der Waals surface area contributed by atoms with Crippen LogP contribution in [0.25, 0.3) is 0 Å². The second kappa shape index (κ2) is 6.99. The van der Waals surface area contributed by atoms with Crippen LogP contribution in [0.15, 0.2) is 6.20 Å². The Bertz CT molecular complexity index is 404. The first-order chi connectivity index (χ1) is 7.76. The fraction of sp³-hybridized carbons (Fsp3) is 0.455. The number of aromatic nitrogens is 1. The van der Waals surface area contributed by atoms with Crippen LogP contribution in [0, 0.1) is 11.8 Å². The molecule has 0 aromatic carbocycles. The Morgan fingerprint density at radius 2 is 2.50 bits per heavy atom. The van der Waals surface area contributed by atoms with E-state index in [0.717, 1.165) is 11.3 Å². The quantitative estimate of drug-likeness (QED) is 0.783. The van der Waals surface area contributed by atoms with Crippen LogP contribution in [0.2, 0.25) is 0 Å². The third-order valence-electron chi connectivity index (χ3n) is 1.68. The van der Waals surface area contributed by atoms with E-state index in [1.807, 2.05) is 6.92 Å². The minimum Gasteiger partial charge on any atom is -0.395 e. The van der Waals surface area contributed by atoms with Crippen LogP contribution in [0.1, 0.15) is 31.1 Å². The van der Waals surface area contributed by atoms with Gasteiger partial charge in [0.15, 0.2) is 5.13 Å². The second-order valence-corrected chi connectivity index (χ2v) is 4.13. The van der Waals surface area contributed by atoms with Crippen molar-refractivity contribution in [1.82, 2.24) is 4.98 Å². The zero-order chi connectivity index (χ0) is 11.8. The van der Waals surface area contributed by atoms with Crippen molar-refractivity contribution in [3.63, 3.8) is 0 Å². The van der Waals surface area contributed by atoms with Gasteiger partial charge in [-0.1, -0.05) is 30.1 Å². The molecule has 5 heteroatoms. The highest BCUT2D eigenvalue weighted by Crippen LogP contribution is 2.17. The van der Waals surface area contributed by atoms with E-state index in [9.17, 15) is 4.79 Å². The number of nitrogens with zero attached hydrogens (tertiary/aromatic N) is 1. The molecule has 0 aliphatic carbocycles. The van der Waals surface area contributed by atoms with Crippen molar-refractivity contribution in [1.29, 1.82) is 0 Å². The van der Waals surface area contributed by atoms with Crippen LogP contribution in [0.4, 0.5) is 5.13 Å². The summed E-state index contributed by atoms with van der Waals surface area (Å²) >= 11 is 1.34. The molecule has 1 heterocycles. The van der Waals surface area contributed by atoms with E-state index in [1.54, 1.807) is 6.20 Å². The Balaban J connectivity index is 2.52. The number of anilines is 1. The summed E-state index contributed by atoms with van der Waals surface area (Å²) in [5, 5.41) is 11.8. The van der Waals surface area contributed by atoms with Crippen molar-refractivity contribution in [3.05, 3.63) is 11.1 Å². The summed E-state index contributed by atoms with van der Waals surface area (Å²) in [6.45, 7) is 2.01. The van der Waals surface area contributed by atoms with Gasteiger partial charge in [0.25, 0.3) is 0 Å². The number of carbonyl (C=O) groups excluding carboxylic acids is 1. The molecular formula is C11H14N2O2S. The fourth-order valence-corrected chi connectivity index (χ4v) is 1.71. The molecule has 1 aromatic heterocycles. The number of carbonyl (C=O) groups is 1. The number of aliphatic hydroxyl groups is 1. The van der Waals surface area contributed by atoms with Gasteiger partial charge < -0.3 is 10.4 Å². The summed E-state index contributed by atoms with van der Waals surface area (Å²) in [6.07, 6.45) is 3.40. The largest absolute Gasteiger partial charge is 0.395 e. The molecule has 16 heavy (non-hydrogen) atoms. The van der Waals surface area contributed by atoms with E-state index in [1.165, 1.54) is 11.3 Å². The number of hydrogen-bond acceptors (Lipinski definition) is 4. The maximum absolute atomic E-state index is 11.3. The van der Waals surface area contributed by atoms with Gasteiger partial charge in [-0.25, -0.2) is 4.98 Å². The summed E-state index contributed by atoms with van der Waals surface area (Å²) in [4.78, 5) is 16.1. The van der Waals surface area contributed by atoms with E-state index in [-0.39, 0.29) is 12.5 Å². The number of nitrogens with one attached hydrogen (secondary N) is 1. The highest BCUT2D eigenvalue weighted by molar-refractivity contribution is 7.16. The summed E-state index contributed by atoms with van der Waals surface area (Å²) in [5.74, 6) is 5.65. The molecule has 86 valence electrons. The number of aliphatic hydroxyl groups excluding tert-OH is 1. The average Bonchev–Trinajstić information content (AvgIpc) is 2.66. The molecule has 0 spiro atoms. The number of hydrogen-bond donors (Lipinski definition) is 2. The van der Waals surface area contributed by atoms with Crippen LogP contribution in [0.5, 0.6) is 0 Å². The predicted molar refractivity (Wildman–Crippen MR) is 64.2 cm³/mol. The fourth-order valence-electron chi connectivity index (χ4n) is 1.00. The molecule has 1 amide bonds. The lowest BCUT2D eigenvalue weighted by molar-refractivity contribution is -0.116. The highest BCUT2D eigenvalue weighted by atomic mass is 32.1. The van der Waals surface area contributed by atoms with Gasteiger partial charge >= 0.3 is 0 Å². The van der Waals surface area contributed by atoms with Crippen LogP contribution in [-0.4, -0.2) is 22.6 Å². The molecule has 2 N–H and O–H groups in total. The standard InChI is InChI=1S/C11H14N2O2S/c1-2-5-10(15)13-11-12-8-9(16-11)6-3-4-7-14/h8,14H,2,4-5,7H2,1H3,(H,12,13,15). The maximum atomic E-state index is 11.3. The monoisotopic (exact) mass is 238 g/mol. The molecule has 0 aliphatic heterocycles. The zero-order valence-electron chi connectivity index (χ0n) is 9.12. The third kappa shape index (κ3) is 4.43. The molecular weight excluding hydrogens is 224 g/mol. The molecule has 0 saturated heterocycles. The van der Waals surface area contributed by atoms with E-state index < -0.39 is 0 Å². The molecule has 0 aliphatic rings. The molecule has 0 unspecified atom stereocenters. The van der Waals surface area contributed by atoms with E-state index >= 15 is 0 Å². The van der Waals surface area contributed by atoms with E-state index in [0.29, 0.717) is 18.0 Å². The van der Waals surface area contributed by atoms with Gasteiger partial charge in [-0.15, -0.1) is 0 Å². The Morgan fingerprint density at radius 3 is 3.19 bits per heavy atom. The van der Waals surface area contributed by atoms with Gasteiger partial charge in [-0.2, -0.15) is 0 Å². The molecule has 4 nitrogen and oxygen atoms in total. The van der Waals surface area contributed by atoms with Crippen molar-refractivity contribution in [3.8, 4) is 11.8 Å². The summed E-state index contributed by atoms with van der Waals surface area (Å²) < 4.78 is 0. The Hall–Kier alpha value is -1.38. The Labute approximate surface area is 98.7 Å². The summed E-state index contributed by atoms with van der Waals surface area (Å²) in [7, 11) is 0. The molecule has 0 saturated carbocycles.